The Morgan fingerprint density at radius 1 is 1.06 bits per heavy atom. The number of rotatable bonds is 3. The summed E-state index contributed by atoms with van der Waals surface area (Å²) in [4.78, 5) is 0. The van der Waals surface area contributed by atoms with Crippen LogP contribution in [-0.2, 0) is 0 Å². The first-order valence-corrected chi connectivity index (χ1v) is 6.59. The second-order valence-electron chi connectivity index (χ2n) is 5.22. The molecule has 0 spiro atoms. The van der Waals surface area contributed by atoms with E-state index in [2.05, 4.69) is 37.3 Å². The summed E-state index contributed by atoms with van der Waals surface area (Å²) in [5.74, 6) is 0.667. The molecule has 0 amide bonds. The minimum Gasteiger partial charge on any atom is -0.384 e. The maximum Gasteiger partial charge on any atom is 0.104 e. The quantitative estimate of drug-likeness (QED) is 0.858. The van der Waals surface area contributed by atoms with Crippen molar-refractivity contribution in [3.8, 4) is 0 Å². The third-order valence-electron chi connectivity index (χ3n) is 3.67. The van der Waals surface area contributed by atoms with Crippen molar-refractivity contribution >= 4 is 0 Å². The maximum absolute atomic E-state index is 10.6. The number of hydrogen-bond acceptors (Lipinski definition) is 1. The van der Waals surface area contributed by atoms with E-state index in [4.69, 9.17) is 0 Å². The highest BCUT2D eigenvalue weighted by Gasteiger charge is 2.27. The van der Waals surface area contributed by atoms with Crippen LogP contribution in [0.3, 0.4) is 0 Å². The van der Waals surface area contributed by atoms with E-state index in [1.807, 2.05) is 18.2 Å². The topological polar surface area (TPSA) is 20.2 Å². The molecule has 1 aliphatic carbocycles. The van der Waals surface area contributed by atoms with E-state index >= 15 is 0 Å². The van der Waals surface area contributed by atoms with Gasteiger partial charge in [-0.3, -0.25) is 0 Å². The van der Waals surface area contributed by atoms with Crippen molar-refractivity contribution in [2.45, 2.75) is 31.8 Å². The van der Waals surface area contributed by atoms with Crippen LogP contribution >= 0.6 is 0 Å². The van der Waals surface area contributed by atoms with Crippen molar-refractivity contribution in [1.82, 2.24) is 0 Å². The SMILES string of the molecule is Cc1cccc(C(O)c2ccccc2C2CC2)c1. The Labute approximate surface area is 108 Å². The molecule has 92 valence electrons. The van der Waals surface area contributed by atoms with Gasteiger partial charge in [-0.15, -0.1) is 0 Å². The van der Waals surface area contributed by atoms with Gasteiger partial charge in [0.2, 0.25) is 0 Å². The van der Waals surface area contributed by atoms with Gasteiger partial charge < -0.3 is 5.11 Å². The molecule has 1 nitrogen and oxygen atoms in total. The standard InChI is InChI=1S/C17H18O/c1-12-5-4-6-14(11-12)17(18)16-8-3-2-7-15(16)13-9-10-13/h2-8,11,13,17-18H,9-10H2,1H3. The summed E-state index contributed by atoms with van der Waals surface area (Å²) in [5, 5.41) is 10.6. The number of aliphatic hydroxyl groups is 1. The lowest BCUT2D eigenvalue weighted by molar-refractivity contribution is 0.219. The first-order valence-electron chi connectivity index (χ1n) is 6.59. The zero-order valence-corrected chi connectivity index (χ0v) is 10.6. The Balaban J connectivity index is 1.99. The van der Waals surface area contributed by atoms with E-state index in [-0.39, 0.29) is 0 Å². The summed E-state index contributed by atoms with van der Waals surface area (Å²) >= 11 is 0. The van der Waals surface area contributed by atoms with Crippen LogP contribution in [0.5, 0.6) is 0 Å². The third-order valence-corrected chi connectivity index (χ3v) is 3.67. The van der Waals surface area contributed by atoms with Crippen LogP contribution in [0.2, 0.25) is 0 Å². The van der Waals surface area contributed by atoms with Crippen LogP contribution in [0.25, 0.3) is 0 Å². The predicted molar refractivity (Wildman–Crippen MR) is 73.7 cm³/mol. The monoisotopic (exact) mass is 238 g/mol. The van der Waals surface area contributed by atoms with Crippen molar-refractivity contribution in [3.05, 3.63) is 70.8 Å². The van der Waals surface area contributed by atoms with Crippen LogP contribution in [-0.4, -0.2) is 5.11 Å². The Morgan fingerprint density at radius 3 is 2.56 bits per heavy atom. The highest BCUT2D eigenvalue weighted by molar-refractivity contribution is 5.40. The normalized spacial score (nSPS) is 16.6. The van der Waals surface area contributed by atoms with Crippen molar-refractivity contribution in [2.75, 3.05) is 0 Å². The van der Waals surface area contributed by atoms with Crippen molar-refractivity contribution in [2.24, 2.45) is 0 Å². The van der Waals surface area contributed by atoms with Crippen LogP contribution in [0.1, 0.15) is 47.1 Å². The molecule has 2 aromatic carbocycles. The molecule has 1 N–H and O–H groups in total. The molecule has 0 saturated heterocycles. The first-order chi connectivity index (χ1) is 8.75. The average Bonchev–Trinajstić information content (AvgIpc) is 3.22. The fraction of sp³-hybridized carbons (Fsp3) is 0.294. The van der Waals surface area contributed by atoms with Crippen LogP contribution in [0.15, 0.2) is 48.5 Å². The lowest BCUT2D eigenvalue weighted by atomic mass is 9.94. The zero-order chi connectivity index (χ0) is 12.5. The predicted octanol–water partition coefficient (Wildman–Crippen LogP) is 3.95. The van der Waals surface area contributed by atoms with E-state index in [9.17, 15) is 5.11 Å². The average molecular weight is 238 g/mol. The van der Waals surface area contributed by atoms with E-state index in [0.29, 0.717) is 5.92 Å². The Bertz CT molecular complexity index is 555. The Kier molecular flexibility index (Phi) is 2.92. The molecule has 0 heterocycles. The zero-order valence-electron chi connectivity index (χ0n) is 10.6. The first kappa shape index (κ1) is 11.5. The molecule has 2 aromatic rings. The second kappa shape index (κ2) is 4.58. The highest BCUT2D eigenvalue weighted by atomic mass is 16.3. The van der Waals surface area contributed by atoms with Gasteiger partial charge in [0.1, 0.15) is 6.10 Å². The van der Waals surface area contributed by atoms with E-state index in [1.165, 1.54) is 24.0 Å². The van der Waals surface area contributed by atoms with Crippen molar-refractivity contribution in [3.63, 3.8) is 0 Å². The van der Waals surface area contributed by atoms with Crippen LogP contribution in [0, 0.1) is 6.92 Å². The van der Waals surface area contributed by atoms with E-state index < -0.39 is 6.10 Å². The summed E-state index contributed by atoms with van der Waals surface area (Å²) in [7, 11) is 0. The molecule has 0 bridgehead atoms. The molecule has 1 heteroatoms. The third kappa shape index (κ3) is 2.19. The second-order valence-corrected chi connectivity index (χ2v) is 5.22. The molecule has 1 unspecified atom stereocenters. The van der Waals surface area contributed by atoms with Crippen LogP contribution in [0.4, 0.5) is 0 Å². The largest absolute Gasteiger partial charge is 0.384 e. The van der Waals surface area contributed by atoms with Gasteiger partial charge in [0.25, 0.3) is 0 Å². The number of hydrogen-bond donors (Lipinski definition) is 1. The smallest absolute Gasteiger partial charge is 0.104 e. The minimum atomic E-state index is -0.498. The fourth-order valence-electron chi connectivity index (χ4n) is 2.55. The Morgan fingerprint density at radius 2 is 1.83 bits per heavy atom. The molecule has 18 heavy (non-hydrogen) atoms. The molecule has 1 aliphatic rings. The number of aliphatic hydroxyl groups excluding tert-OH is 1. The van der Waals surface area contributed by atoms with Crippen molar-refractivity contribution in [1.29, 1.82) is 0 Å². The molecule has 0 aliphatic heterocycles. The van der Waals surface area contributed by atoms with E-state index in [0.717, 1.165) is 11.1 Å². The van der Waals surface area contributed by atoms with Gasteiger partial charge in [0.05, 0.1) is 0 Å². The van der Waals surface area contributed by atoms with Gasteiger partial charge in [0.15, 0.2) is 0 Å². The van der Waals surface area contributed by atoms with Gasteiger partial charge >= 0.3 is 0 Å². The van der Waals surface area contributed by atoms with Gasteiger partial charge in [-0.2, -0.15) is 0 Å². The molecule has 1 fully saturated rings. The molecule has 0 radical (unpaired) electrons. The minimum absolute atomic E-state index is 0.498. The number of aryl methyl sites for hydroxylation is 1. The lowest BCUT2D eigenvalue weighted by Crippen LogP contribution is -2.03. The maximum atomic E-state index is 10.6. The summed E-state index contributed by atoms with van der Waals surface area (Å²) in [6.45, 7) is 2.06. The van der Waals surface area contributed by atoms with Gasteiger partial charge in [-0.1, -0.05) is 54.1 Å². The summed E-state index contributed by atoms with van der Waals surface area (Å²) in [6.07, 6.45) is 2.02. The lowest BCUT2D eigenvalue weighted by Gasteiger charge is -2.16. The van der Waals surface area contributed by atoms with Gasteiger partial charge in [-0.05, 0) is 42.4 Å². The Hall–Kier alpha value is -1.60. The highest BCUT2D eigenvalue weighted by Crippen LogP contribution is 2.43. The molecular weight excluding hydrogens is 220 g/mol. The summed E-state index contributed by atoms with van der Waals surface area (Å²) < 4.78 is 0. The fourth-order valence-corrected chi connectivity index (χ4v) is 2.55. The van der Waals surface area contributed by atoms with E-state index in [1.54, 1.807) is 0 Å². The summed E-state index contributed by atoms with van der Waals surface area (Å²) in [6, 6.07) is 16.4. The molecule has 1 saturated carbocycles. The van der Waals surface area contributed by atoms with Gasteiger partial charge in [-0.25, -0.2) is 0 Å². The summed E-state index contributed by atoms with van der Waals surface area (Å²) in [5.41, 5.74) is 4.58. The molecule has 1 atom stereocenters. The molecule has 0 aromatic heterocycles. The molecule has 3 rings (SSSR count). The van der Waals surface area contributed by atoms with Gasteiger partial charge in [0, 0.05) is 0 Å². The van der Waals surface area contributed by atoms with Crippen LogP contribution < -0.4 is 0 Å². The number of benzene rings is 2. The van der Waals surface area contributed by atoms with Crippen molar-refractivity contribution < 1.29 is 5.11 Å². The molecular formula is C17H18O.